The average molecular weight is 331 g/mol. The molecule has 0 aromatic carbocycles. The van der Waals surface area contributed by atoms with E-state index in [0.29, 0.717) is 22.9 Å². The van der Waals surface area contributed by atoms with Crippen molar-refractivity contribution in [3.8, 4) is 0 Å². The van der Waals surface area contributed by atoms with Crippen LogP contribution in [0.4, 0.5) is 0 Å². The van der Waals surface area contributed by atoms with Gasteiger partial charge >= 0.3 is 0 Å². The van der Waals surface area contributed by atoms with Crippen molar-refractivity contribution in [3.63, 3.8) is 0 Å². The third kappa shape index (κ3) is 4.00. The third-order valence-corrected chi connectivity index (χ3v) is 5.53. The molecule has 1 saturated heterocycles. The van der Waals surface area contributed by atoms with Crippen molar-refractivity contribution in [3.05, 3.63) is 11.4 Å². The van der Waals surface area contributed by atoms with Crippen LogP contribution >= 0.6 is 12.2 Å². The summed E-state index contributed by atoms with van der Waals surface area (Å²) in [5.41, 5.74) is 6.58. The Morgan fingerprint density at radius 3 is 2.57 bits per heavy atom. The van der Waals surface area contributed by atoms with Crippen LogP contribution in [0.1, 0.15) is 24.2 Å². The van der Waals surface area contributed by atoms with Gasteiger partial charge < -0.3 is 5.73 Å². The summed E-state index contributed by atoms with van der Waals surface area (Å²) in [5.74, 6) is 0. The van der Waals surface area contributed by atoms with E-state index in [-0.39, 0.29) is 10.9 Å². The highest BCUT2D eigenvalue weighted by atomic mass is 32.2. The lowest BCUT2D eigenvalue weighted by atomic mass is 10.1. The van der Waals surface area contributed by atoms with E-state index < -0.39 is 10.0 Å². The first-order valence-electron chi connectivity index (χ1n) is 6.84. The summed E-state index contributed by atoms with van der Waals surface area (Å²) in [6, 6.07) is -0.0636. The SMILES string of the molecule is Cc1n[nH]c(C)c1S(=O)(=O)NC1CCN(CC(N)=S)CC1. The fraction of sp³-hybridized carbons (Fsp3) is 0.667. The summed E-state index contributed by atoms with van der Waals surface area (Å²) in [6.45, 7) is 5.55. The number of aromatic amines is 1. The summed E-state index contributed by atoms with van der Waals surface area (Å²) >= 11 is 4.89. The topological polar surface area (TPSA) is 104 Å². The Hall–Kier alpha value is -1.03. The number of nitrogens with zero attached hydrogens (tertiary/aromatic N) is 2. The summed E-state index contributed by atoms with van der Waals surface area (Å²) in [4.78, 5) is 2.87. The number of aromatic nitrogens is 2. The smallest absolute Gasteiger partial charge is 0.244 e. The summed E-state index contributed by atoms with van der Waals surface area (Å²) in [7, 11) is -3.53. The van der Waals surface area contributed by atoms with Crippen molar-refractivity contribution in [1.82, 2.24) is 19.8 Å². The summed E-state index contributed by atoms with van der Waals surface area (Å²) in [5, 5.41) is 6.64. The Balaban J connectivity index is 1.99. The van der Waals surface area contributed by atoms with Gasteiger partial charge in [-0.1, -0.05) is 12.2 Å². The Kier molecular flexibility index (Phi) is 4.97. The molecule has 0 atom stereocenters. The molecule has 0 bridgehead atoms. The zero-order valence-electron chi connectivity index (χ0n) is 12.2. The quantitative estimate of drug-likeness (QED) is 0.659. The van der Waals surface area contributed by atoms with Crippen molar-refractivity contribution in [2.75, 3.05) is 19.6 Å². The largest absolute Gasteiger partial charge is 0.392 e. The number of H-pyrrole nitrogens is 1. The maximum atomic E-state index is 12.4. The number of nitrogens with one attached hydrogen (secondary N) is 2. The van der Waals surface area contributed by atoms with E-state index in [9.17, 15) is 8.42 Å². The molecular formula is C12H21N5O2S2. The second kappa shape index (κ2) is 6.39. The number of aryl methyl sites for hydroxylation is 2. The maximum Gasteiger partial charge on any atom is 0.244 e. The molecule has 7 nitrogen and oxygen atoms in total. The number of rotatable bonds is 5. The molecule has 118 valence electrons. The molecule has 9 heteroatoms. The van der Waals surface area contributed by atoms with E-state index in [1.807, 2.05) is 0 Å². The van der Waals surface area contributed by atoms with Crippen LogP contribution in [0, 0.1) is 13.8 Å². The van der Waals surface area contributed by atoms with Crippen LogP contribution in [0.5, 0.6) is 0 Å². The van der Waals surface area contributed by atoms with E-state index in [2.05, 4.69) is 19.8 Å². The molecule has 0 unspecified atom stereocenters. The predicted molar refractivity (Wildman–Crippen MR) is 84.6 cm³/mol. The number of hydrogen-bond acceptors (Lipinski definition) is 5. The minimum Gasteiger partial charge on any atom is -0.392 e. The van der Waals surface area contributed by atoms with Gasteiger partial charge in [-0.3, -0.25) is 10.00 Å². The van der Waals surface area contributed by atoms with Gasteiger partial charge in [-0.05, 0) is 26.7 Å². The van der Waals surface area contributed by atoms with Gasteiger partial charge in [0.15, 0.2) is 0 Å². The fourth-order valence-corrected chi connectivity index (χ4v) is 4.50. The van der Waals surface area contributed by atoms with Gasteiger partial charge in [-0.2, -0.15) is 5.10 Å². The number of thiocarbonyl (C=S) groups is 1. The first-order valence-corrected chi connectivity index (χ1v) is 8.73. The second-order valence-electron chi connectivity index (χ2n) is 5.40. The first kappa shape index (κ1) is 16.3. The lowest BCUT2D eigenvalue weighted by Gasteiger charge is -2.31. The Labute approximate surface area is 130 Å². The summed E-state index contributed by atoms with van der Waals surface area (Å²) < 4.78 is 27.6. The fourth-order valence-electron chi connectivity index (χ4n) is 2.64. The Morgan fingerprint density at radius 2 is 2.10 bits per heavy atom. The van der Waals surface area contributed by atoms with Crippen LogP contribution in [0.2, 0.25) is 0 Å². The van der Waals surface area contributed by atoms with Crippen LogP contribution in [-0.4, -0.2) is 54.2 Å². The molecule has 1 aliphatic rings. The van der Waals surface area contributed by atoms with E-state index >= 15 is 0 Å². The molecule has 0 aliphatic carbocycles. The van der Waals surface area contributed by atoms with E-state index in [1.165, 1.54) is 0 Å². The number of piperidine rings is 1. The van der Waals surface area contributed by atoms with Gasteiger partial charge in [0.05, 0.1) is 16.4 Å². The molecule has 0 amide bonds. The number of sulfonamides is 1. The molecule has 1 fully saturated rings. The van der Waals surface area contributed by atoms with E-state index in [0.717, 1.165) is 25.9 Å². The van der Waals surface area contributed by atoms with Gasteiger partial charge in [0, 0.05) is 25.7 Å². The molecule has 2 heterocycles. The molecule has 21 heavy (non-hydrogen) atoms. The van der Waals surface area contributed by atoms with Crippen molar-refractivity contribution in [2.45, 2.75) is 37.6 Å². The van der Waals surface area contributed by atoms with Crippen LogP contribution < -0.4 is 10.5 Å². The van der Waals surface area contributed by atoms with Crippen LogP contribution in [0.15, 0.2) is 4.90 Å². The average Bonchev–Trinajstić information content (AvgIpc) is 2.71. The maximum absolute atomic E-state index is 12.4. The van der Waals surface area contributed by atoms with Crippen molar-refractivity contribution in [2.24, 2.45) is 5.73 Å². The predicted octanol–water partition coefficient (Wildman–Crippen LogP) is 0.0553. The van der Waals surface area contributed by atoms with Crippen LogP contribution in [0.3, 0.4) is 0 Å². The van der Waals surface area contributed by atoms with E-state index in [1.54, 1.807) is 13.8 Å². The number of nitrogens with two attached hydrogens (primary N) is 1. The van der Waals surface area contributed by atoms with Crippen molar-refractivity contribution < 1.29 is 8.42 Å². The molecule has 0 spiro atoms. The van der Waals surface area contributed by atoms with Gasteiger partial charge in [-0.15, -0.1) is 0 Å². The standard InChI is InChI=1S/C12H21N5O2S2/c1-8-12(9(2)15-14-8)21(18,19)16-10-3-5-17(6-4-10)7-11(13)20/h10,16H,3-7H2,1-2H3,(H2,13,20)(H,14,15). The van der Waals surface area contributed by atoms with Gasteiger partial charge in [0.1, 0.15) is 4.90 Å². The van der Waals surface area contributed by atoms with Crippen LogP contribution in [-0.2, 0) is 10.0 Å². The molecule has 1 aromatic rings. The molecule has 0 saturated carbocycles. The van der Waals surface area contributed by atoms with Gasteiger partial charge in [0.25, 0.3) is 0 Å². The zero-order chi connectivity index (χ0) is 15.6. The Morgan fingerprint density at radius 1 is 1.48 bits per heavy atom. The molecule has 0 radical (unpaired) electrons. The molecule has 4 N–H and O–H groups in total. The van der Waals surface area contributed by atoms with Crippen molar-refractivity contribution >= 4 is 27.2 Å². The lowest BCUT2D eigenvalue weighted by Crippen LogP contribution is -2.46. The highest BCUT2D eigenvalue weighted by Gasteiger charge is 2.28. The molecule has 1 aliphatic heterocycles. The highest BCUT2D eigenvalue weighted by Crippen LogP contribution is 2.19. The monoisotopic (exact) mass is 331 g/mol. The van der Waals surface area contributed by atoms with Crippen molar-refractivity contribution in [1.29, 1.82) is 0 Å². The van der Waals surface area contributed by atoms with Gasteiger partial charge in [0.2, 0.25) is 10.0 Å². The lowest BCUT2D eigenvalue weighted by molar-refractivity contribution is 0.233. The van der Waals surface area contributed by atoms with E-state index in [4.69, 9.17) is 18.0 Å². The van der Waals surface area contributed by atoms with Gasteiger partial charge in [-0.25, -0.2) is 13.1 Å². The second-order valence-corrected chi connectivity index (χ2v) is 7.58. The van der Waals surface area contributed by atoms with Crippen LogP contribution in [0.25, 0.3) is 0 Å². The normalized spacial score (nSPS) is 18.0. The number of likely N-dealkylation sites (tertiary alicyclic amines) is 1. The third-order valence-electron chi connectivity index (χ3n) is 3.62. The first-order chi connectivity index (χ1) is 9.79. The summed E-state index contributed by atoms with van der Waals surface area (Å²) in [6.07, 6.45) is 1.50. The number of hydrogen-bond donors (Lipinski definition) is 3. The minimum atomic E-state index is -3.53. The molecule has 1 aromatic heterocycles. The molecule has 2 rings (SSSR count). The Bertz CT molecular complexity index is 598. The molecular weight excluding hydrogens is 310 g/mol. The zero-order valence-corrected chi connectivity index (χ0v) is 13.9. The highest BCUT2D eigenvalue weighted by molar-refractivity contribution is 7.89. The minimum absolute atomic E-state index is 0.0636.